The highest BCUT2D eigenvalue weighted by molar-refractivity contribution is 6.05. The molecule has 1 aliphatic heterocycles. The first-order valence-corrected chi connectivity index (χ1v) is 10.8. The van der Waals surface area contributed by atoms with Crippen molar-refractivity contribution in [2.45, 2.75) is 25.7 Å². The topological polar surface area (TPSA) is 100 Å². The van der Waals surface area contributed by atoms with E-state index in [1.165, 1.54) is 30.1 Å². The maximum absolute atomic E-state index is 13.1. The summed E-state index contributed by atoms with van der Waals surface area (Å²) in [6.07, 6.45) is 4.26. The molecule has 0 unspecified atom stereocenters. The Balaban J connectivity index is 1.42. The summed E-state index contributed by atoms with van der Waals surface area (Å²) in [5.41, 5.74) is 4.15. The molecule has 0 aliphatic carbocycles. The number of anilines is 1. The van der Waals surface area contributed by atoms with E-state index in [9.17, 15) is 14.8 Å². The first kappa shape index (κ1) is 22.0. The Morgan fingerprint density at radius 1 is 1.03 bits per heavy atom. The molecule has 0 spiro atoms. The Hall–Kier alpha value is -4.18. The van der Waals surface area contributed by atoms with Crippen LogP contribution in [0.1, 0.15) is 56.2 Å². The van der Waals surface area contributed by atoms with E-state index in [2.05, 4.69) is 11.4 Å². The number of hydrogen-bond acceptors (Lipinski definition) is 4. The van der Waals surface area contributed by atoms with Gasteiger partial charge in [0.15, 0.2) is 12.4 Å². The molecule has 0 radical (unpaired) electrons. The van der Waals surface area contributed by atoms with E-state index in [-0.39, 0.29) is 11.8 Å². The number of nitriles is 1. The number of likely N-dealkylation sites (tertiary alicyclic amines) is 1. The highest BCUT2D eigenvalue weighted by Gasteiger charge is 2.25. The number of nitrogens with one attached hydrogen (secondary N) is 1. The van der Waals surface area contributed by atoms with Crippen LogP contribution in [0.2, 0.25) is 0 Å². The quantitative estimate of drug-likeness (QED) is 0.493. The van der Waals surface area contributed by atoms with E-state index < -0.39 is 0 Å². The number of benzene rings is 2. The van der Waals surface area contributed by atoms with Crippen LogP contribution in [0.15, 0.2) is 67.0 Å². The van der Waals surface area contributed by atoms with E-state index in [0.29, 0.717) is 46.1 Å². The van der Waals surface area contributed by atoms with Crippen molar-refractivity contribution < 1.29 is 14.3 Å². The molecular formula is C26H24N4O3. The predicted octanol–water partition coefficient (Wildman–Crippen LogP) is 3.77. The molecule has 1 N–H and O–H groups in total. The molecule has 7 nitrogen and oxygen atoms in total. The summed E-state index contributed by atoms with van der Waals surface area (Å²) >= 11 is 0. The predicted molar refractivity (Wildman–Crippen MR) is 124 cm³/mol. The van der Waals surface area contributed by atoms with Crippen molar-refractivity contribution in [3.8, 4) is 6.07 Å². The molecule has 0 saturated carbocycles. The lowest BCUT2D eigenvalue weighted by Crippen LogP contribution is -2.38. The van der Waals surface area contributed by atoms with Gasteiger partial charge < -0.3 is 15.4 Å². The summed E-state index contributed by atoms with van der Waals surface area (Å²) in [6.45, 7) is 3.17. The molecule has 0 atom stereocenters. The second kappa shape index (κ2) is 9.53. The zero-order valence-electron chi connectivity index (χ0n) is 18.3. The van der Waals surface area contributed by atoms with Gasteiger partial charge in [-0.05, 0) is 61.1 Å². The van der Waals surface area contributed by atoms with Crippen LogP contribution < -0.4 is 10.0 Å². The van der Waals surface area contributed by atoms with Gasteiger partial charge in [0.1, 0.15) is 0 Å². The van der Waals surface area contributed by atoms with Gasteiger partial charge in [-0.25, -0.2) is 0 Å². The summed E-state index contributed by atoms with van der Waals surface area (Å²) in [6, 6.07) is 18.0. The van der Waals surface area contributed by atoms with Crippen LogP contribution in [-0.4, -0.2) is 29.8 Å². The second-order valence-electron chi connectivity index (χ2n) is 8.23. The van der Waals surface area contributed by atoms with Gasteiger partial charge in [0.2, 0.25) is 0 Å². The van der Waals surface area contributed by atoms with Crippen molar-refractivity contribution in [1.29, 1.82) is 5.26 Å². The smallest absolute Gasteiger partial charge is 0.256 e. The first-order valence-electron chi connectivity index (χ1n) is 10.8. The monoisotopic (exact) mass is 440 g/mol. The van der Waals surface area contributed by atoms with Crippen LogP contribution in [-0.2, 0) is 0 Å². The first-order chi connectivity index (χ1) is 15.9. The molecule has 3 aromatic rings. The maximum Gasteiger partial charge on any atom is 0.256 e. The fraction of sp³-hybridized carbons (Fsp3) is 0.231. The van der Waals surface area contributed by atoms with Crippen molar-refractivity contribution in [2.24, 2.45) is 0 Å². The van der Waals surface area contributed by atoms with Gasteiger partial charge in [0, 0.05) is 36.5 Å². The van der Waals surface area contributed by atoms with Crippen molar-refractivity contribution in [3.05, 3.63) is 100 Å². The largest absolute Gasteiger partial charge is 0.619 e. The molecule has 2 heterocycles. The van der Waals surface area contributed by atoms with E-state index in [4.69, 9.17) is 5.26 Å². The van der Waals surface area contributed by atoms with Crippen LogP contribution in [0, 0.1) is 23.5 Å². The molecule has 1 saturated heterocycles. The minimum Gasteiger partial charge on any atom is -0.619 e. The SMILES string of the molecule is Cc1ccc(C(=O)N2CCC(c3ccc(C#N)cc3)CC2)cc1NC(=O)c1cc[n+]([O-])cc1. The van der Waals surface area contributed by atoms with E-state index in [0.717, 1.165) is 18.4 Å². The standard InChI is InChI=1S/C26H24N4O3/c1-18-2-5-23(16-24(18)28-25(31)22-10-14-30(33)15-11-22)26(32)29-12-8-21(9-13-29)20-6-3-19(17-27)4-7-20/h2-7,10-11,14-16,21H,8-9,12-13H2,1H3,(H,28,31). The number of carbonyl (C=O) groups is 2. The third-order valence-corrected chi connectivity index (χ3v) is 6.09. The molecule has 1 aromatic heterocycles. The Kier molecular flexibility index (Phi) is 6.36. The van der Waals surface area contributed by atoms with Crippen LogP contribution >= 0.6 is 0 Å². The van der Waals surface area contributed by atoms with Gasteiger partial charge in [-0.3, -0.25) is 9.59 Å². The summed E-state index contributed by atoms with van der Waals surface area (Å²) in [4.78, 5) is 27.5. The van der Waals surface area contributed by atoms with Crippen molar-refractivity contribution in [3.63, 3.8) is 0 Å². The number of nitrogens with zero attached hydrogens (tertiary/aromatic N) is 3. The molecule has 2 aromatic carbocycles. The number of aromatic nitrogens is 1. The number of piperidine rings is 1. The van der Waals surface area contributed by atoms with E-state index >= 15 is 0 Å². The van der Waals surface area contributed by atoms with Gasteiger partial charge in [-0.15, -0.1) is 0 Å². The molecule has 1 aliphatic rings. The molecule has 33 heavy (non-hydrogen) atoms. The normalized spacial score (nSPS) is 13.9. The molecule has 0 bridgehead atoms. The summed E-state index contributed by atoms with van der Waals surface area (Å²) in [5, 5.41) is 23.0. The lowest BCUT2D eigenvalue weighted by Gasteiger charge is -2.32. The van der Waals surface area contributed by atoms with Gasteiger partial charge >= 0.3 is 0 Å². The maximum atomic E-state index is 13.1. The van der Waals surface area contributed by atoms with Crippen LogP contribution in [0.4, 0.5) is 5.69 Å². The molecule has 7 heteroatoms. The van der Waals surface area contributed by atoms with E-state index in [1.807, 2.05) is 42.2 Å². The average molecular weight is 441 g/mol. The van der Waals surface area contributed by atoms with Crippen LogP contribution in [0.3, 0.4) is 0 Å². The molecule has 166 valence electrons. The number of carbonyl (C=O) groups excluding carboxylic acids is 2. The number of hydrogen-bond donors (Lipinski definition) is 1. The highest BCUT2D eigenvalue weighted by Crippen LogP contribution is 2.29. The Labute approximate surface area is 192 Å². The van der Waals surface area contributed by atoms with Gasteiger partial charge in [0.05, 0.1) is 17.2 Å². The lowest BCUT2D eigenvalue weighted by molar-refractivity contribution is -0.605. The molecule has 2 amide bonds. The molecule has 1 fully saturated rings. The Morgan fingerprint density at radius 2 is 1.70 bits per heavy atom. The van der Waals surface area contributed by atoms with Crippen molar-refractivity contribution in [1.82, 2.24) is 4.90 Å². The fourth-order valence-electron chi connectivity index (χ4n) is 4.08. The number of aryl methyl sites for hydroxylation is 1. The summed E-state index contributed by atoms with van der Waals surface area (Å²) in [7, 11) is 0. The third kappa shape index (κ3) is 5.01. The zero-order valence-corrected chi connectivity index (χ0v) is 18.3. The summed E-state index contributed by atoms with van der Waals surface area (Å²) < 4.78 is 0.617. The summed E-state index contributed by atoms with van der Waals surface area (Å²) in [5.74, 6) is -0.0317. The second-order valence-corrected chi connectivity index (χ2v) is 8.23. The van der Waals surface area contributed by atoms with Crippen molar-refractivity contribution in [2.75, 3.05) is 18.4 Å². The van der Waals surface area contributed by atoms with Crippen molar-refractivity contribution >= 4 is 17.5 Å². The highest BCUT2D eigenvalue weighted by atomic mass is 16.5. The van der Waals surface area contributed by atoms with Crippen LogP contribution in [0.25, 0.3) is 0 Å². The van der Waals surface area contributed by atoms with Gasteiger partial charge in [-0.2, -0.15) is 9.99 Å². The van der Waals surface area contributed by atoms with Gasteiger partial charge in [0.25, 0.3) is 11.8 Å². The van der Waals surface area contributed by atoms with Crippen LogP contribution in [0.5, 0.6) is 0 Å². The average Bonchev–Trinajstić information content (AvgIpc) is 2.85. The minimum absolute atomic E-state index is 0.0594. The minimum atomic E-state index is -0.341. The lowest BCUT2D eigenvalue weighted by atomic mass is 9.89. The molecule has 4 rings (SSSR count). The third-order valence-electron chi connectivity index (χ3n) is 6.09. The number of amides is 2. The van der Waals surface area contributed by atoms with E-state index in [1.54, 1.807) is 12.1 Å². The van der Waals surface area contributed by atoms with Gasteiger partial charge in [-0.1, -0.05) is 18.2 Å². The molecular weight excluding hydrogens is 416 g/mol. The fourth-order valence-corrected chi connectivity index (χ4v) is 4.08. The number of rotatable bonds is 4. The Morgan fingerprint density at radius 3 is 2.33 bits per heavy atom. The zero-order chi connectivity index (χ0) is 23.4. The number of pyridine rings is 1. The Bertz CT molecular complexity index is 1210.